The molecule has 2 atom stereocenters. The summed E-state index contributed by atoms with van der Waals surface area (Å²) in [6.45, 7) is 2.55. The van der Waals surface area contributed by atoms with Crippen LogP contribution in [0.25, 0.3) is 0 Å². The Balaban J connectivity index is 2.72. The van der Waals surface area contributed by atoms with Gasteiger partial charge in [0.05, 0.1) is 6.42 Å². The zero-order chi connectivity index (χ0) is 13.7. The molecule has 0 radical (unpaired) electrons. The third kappa shape index (κ3) is 3.69. The fraction of sp³-hybridized carbons (Fsp3) is 0.727. The second-order valence-electron chi connectivity index (χ2n) is 4.36. The fourth-order valence-corrected chi connectivity index (χ4v) is 1.87. The normalized spacial score (nSPS) is 21.3. The molecule has 1 aliphatic rings. The third-order valence-corrected chi connectivity index (χ3v) is 2.98. The molecule has 1 rings (SSSR count). The molecule has 0 aromatic heterocycles. The third-order valence-electron chi connectivity index (χ3n) is 2.98. The number of hydrogen-bond donors (Lipinski definition) is 3. The summed E-state index contributed by atoms with van der Waals surface area (Å²) in [5.41, 5.74) is 5.70. The molecular weight excluding hydrogens is 238 g/mol. The minimum atomic E-state index is -1.10. The molecule has 4 N–H and O–H groups in total. The van der Waals surface area contributed by atoms with Crippen molar-refractivity contribution in [3.63, 3.8) is 0 Å². The van der Waals surface area contributed by atoms with Gasteiger partial charge in [0.1, 0.15) is 6.04 Å². The molecule has 2 amide bonds. The summed E-state index contributed by atoms with van der Waals surface area (Å²) in [5.74, 6) is -1.78. The summed E-state index contributed by atoms with van der Waals surface area (Å²) in [7, 11) is 0. The van der Waals surface area contributed by atoms with Gasteiger partial charge in [-0.25, -0.2) is 0 Å². The van der Waals surface area contributed by atoms with Crippen LogP contribution in [-0.4, -0.2) is 53.0 Å². The Bertz CT molecular complexity index is 345. The molecule has 7 heteroatoms. The molecule has 0 spiro atoms. The number of carbonyl (C=O) groups excluding carboxylic acids is 2. The van der Waals surface area contributed by atoms with Crippen molar-refractivity contribution in [2.24, 2.45) is 5.73 Å². The van der Waals surface area contributed by atoms with E-state index in [1.807, 2.05) is 6.92 Å². The summed E-state index contributed by atoms with van der Waals surface area (Å²) in [6, 6.07) is -1.18. The van der Waals surface area contributed by atoms with Crippen LogP contribution in [0.2, 0.25) is 0 Å². The number of nitrogens with zero attached hydrogens (tertiary/aromatic N) is 1. The second-order valence-corrected chi connectivity index (χ2v) is 4.36. The summed E-state index contributed by atoms with van der Waals surface area (Å²) in [5, 5.41) is 11.3. The first-order chi connectivity index (χ1) is 8.45. The number of carboxylic acid groups (broad SMARTS) is 1. The Morgan fingerprint density at radius 3 is 2.83 bits per heavy atom. The Labute approximate surface area is 105 Å². The second kappa shape index (κ2) is 6.34. The highest BCUT2D eigenvalue weighted by Gasteiger charge is 2.34. The summed E-state index contributed by atoms with van der Waals surface area (Å²) in [4.78, 5) is 35.6. The minimum absolute atomic E-state index is 0.139. The smallest absolute Gasteiger partial charge is 0.305 e. The summed E-state index contributed by atoms with van der Waals surface area (Å²) >= 11 is 0. The molecule has 0 bridgehead atoms. The van der Waals surface area contributed by atoms with E-state index in [0.29, 0.717) is 19.5 Å². The van der Waals surface area contributed by atoms with Gasteiger partial charge in [-0.15, -0.1) is 0 Å². The maximum Gasteiger partial charge on any atom is 0.305 e. The van der Waals surface area contributed by atoms with Crippen LogP contribution in [0, 0.1) is 0 Å². The van der Waals surface area contributed by atoms with Crippen LogP contribution in [0.4, 0.5) is 0 Å². The quantitative estimate of drug-likeness (QED) is 0.579. The fourth-order valence-electron chi connectivity index (χ4n) is 1.87. The van der Waals surface area contributed by atoms with Crippen LogP contribution in [0.5, 0.6) is 0 Å². The molecule has 1 saturated heterocycles. The predicted molar refractivity (Wildman–Crippen MR) is 63.6 cm³/mol. The lowest BCUT2D eigenvalue weighted by atomic mass is 10.1. The lowest BCUT2D eigenvalue weighted by Gasteiger charge is -2.34. The van der Waals surface area contributed by atoms with Crippen molar-refractivity contribution in [2.75, 3.05) is 13.1 Å². The van der Waals surface area contributed by atoms with Crippen molar-refractivity contribution in [1.82, 2.24) is 10.2 Å². The zero-order valence-electron chi connectivity index (χ0n) is 10.4. The Morgan fingerprint density at radius 2 is 2.28 bits per heavy atom. The monoisotopic (exact) mass is 257 g/mol. The number of piperazine rings is 1. The van der Waals surface area contributed by atoms with Gasteiger partial charge in [-0.1, -0.05) is 6.92 Å². The van der Waals surface area contributed by atoms with Gasteiger partial charge >= 0.3 is 5.97 Å². The van der Waals surface area contributed by atoms with Gasteiger partial charge < -0.3 is 21.1 Å². The van der Waals surface area contributed by atoms with Gasteiger partial charge in [0.2, 0.25) is 11.8 Å². The van der Waals surface area contributed by atoms with Crippen LogP contribution in [0.3, 0.4) is 0 Å². The first kappa shape index (κ1) is 14.4. The zero-order valence-corrected chi connectivity index (χ0v) is 10.4. The number of nitrogens with two attached hydrogens (primary N) is 1. The van der Waals surface area contributed by atoms with E-state index in [1.165, 1.54) is 4.90 Å². The molecule has 0 aromatic rings. The molecule has 1 heterocycles. The molecule has 1 aliphatic heterocycles. The number of amides is 2. The van der Waals surface area contributed by atoms with Gasteiger partial charge in [-0.05, 0) is 6.42 Å². The van der Waals surface area contributed by atoms with Gasteiger partial charge in [0.25, 0.3) is 0 Å². The van der Waals surface area contributed by atoms with Crippen LogP contribution in [0.1, 0.15) is 26.2 Å². The van der Waals surface area contributed by atoms with Crippen molar-refractivity contribution in [3.8, 4) is 0 Å². The Kier molecular flexibility index (Phi) is 5.08. The Morgan fingerprint density at radius 1 is 1.61 bits per heavy atom. The van der Waals surface area contributed by atoms with E-state index in [0.717, 1.165) is 0 Å². The maximum absolute atomic E-state index is 12.0. The van der Waals surface area contributed by atoms with Crippen molar-refractivity contribution in [3.05, 3.63) is 0 Å². The highest BCUT2D eigenvalue weighted by molar-refractivity contribution is 5.91. The van der Waals surface area contributed by atoms with E-state index < -0.39 is 17.9 Å². The molecule has 0 aliphatic carbocycles. The molecule has 2 unspecified atom stereocenters. The van der Waals surface area contributed by atoms with E-state index in [1.54, 1.807) is 0 Å². The number of carbonyl (C=O) groups is 3. The lowest BCUT2D eigenvalue weighted by Crippen LogP contribution is -2.58. The SMILES string of the molecule is CCC(N)CC(=O)N1CCNC(=O)C1CC(=O)O. The number of hydrogen-bond acceptors (Lipinski definition) is 4. The first-order valence-electron chi connectivity index (χ1n) is 6.00. The molecule has 0 saturated carbocycles. The van der Waals surface area contributed by atoms with Gasteiger partial charge in [0.15, 0.2) is 0 Å². The maximum atomic E-state index is 12.0. The van der Waals surface area contributed by atoms with E-state index in [9.17, 15) is 14.4 Å². The highest BCUT2D eigenvalue weighted by atomic mass is 16.4. The van der Waals surface area contributed by atoms with Crippen LogP contribution in [0.15, 0.2) is 0 Å². The summed E-state index contributed by atoms with van der Waals surface area (Å²) < 4.78 is 0. The standard InChI is InChI=1S/C11H19N3O4/c1-2-7(12)5-9(15)14-4-3-13-11(18)8(14)6-10(16)17/h7-8H,2-6,12H2,1H3,(H,13,18)(H,16,17). The summed E-state index contributed by atoms with van der Waals surface area (Å²) in [6.07, 6.45) is 0.425. The largest absolute Gasteiger partial charge is 0.481 e. The molecule has 7 nitrogen and oxygen atoms in total. The van der Waals surface area contributed by atoms with Crippen molar-refractivity contribution in [2.45, 2.75) is 38.3 Å². The topological polar surface area (TPSA) is 113 Å². The van der Waals surface area contributed by atoms with E-state index in [2.05, 4.69) is 5.32 Å². The number of carboxylic acids is 1. The minimum Gasteiger partial charge on any atom is -0.481 e. The van der Waals surface area contributed by atoms with Crippen molar-refractivity contribution < 1.29 is 19.5 Å². The van der Waals surface area contributed by atoms with Crippen molar-refractivity contribution in [1.29, 1.82) is 0 Å². The van der Waals surface area contributed by atoms with Gasteiger partial charge in [-0.2, -0.15) is 0 Å². The van der Waals surface area contributed by atoms with Crippen LogP contribution >= 0.6 is 0 Å². The van der Waals surface area contributed by atoms with E-state index in [-0.39, 0.29) is 24.8 Å². The van der Waals surface area contributed by atoms with Crippen molar-refractivity contribution >= 4 is 17.8 Å². The molecule has 18 heavy (non-hydrogen) atoms. The Hall–Kier alpha value is -1.63. The lowest BCUT2D eigenvalue weighted by molar-refractivity contribution is -0.148. The van der Waals surface area contributed by atoms with Gasteiger partial charge in [0, 0.05) is 25.6 Å². The number of nitrogens with one attached hydrogen (secondary N) is 1. The average Bonchev–Trinajstić information content (AvgIpc) is 2.30. The molecule has 1 fully saturated rings. The molecule has 0 aromatic carbocycles. The predicted octanol–water partition coefficient (Wildman–Crippen LogP) is -1.08. The number of aliphatic carboxylic acids is 1. The molecular formula is C11H19N3O4. The van der Waals surface area contributed by atoms with Crippen LogP contribution < -0.4 is 11.1 Å². The average molecular weight is 257 g/mol. The molecule has 102 valence electrons. The van der Waals surface area contributed by atoms with E-state index in [4.69, 9.17) is 10.8 Å². The first-order valence-corrected chi connectivity index (χ1v) is 6.00. The van der Waals surface area contributed by atoms with E-state index >= 15 is 0 Å². The highest BCUT2D eigenvalue weighted by Crippen LogP contribution is 2.12. The van der Waals surface area contributed by atoms with Crippen LogP contribution in [-0.2, 0) is 14.4 Å². The number of rotatable bonds is 5. The van der Waals surface area contributed by atoms with Gasteiger partial charge in [-0.3, -0.25) is 14.4 Å².